The largest absolute Gasteiger partial charge is 0.369 e. The Kier molecular flexibility index (Phi) is 5.02. The average molecular weight is 272 g/mol. The van der Waals surface area contributed by atoms with Crippen molar-refractivity contribution in [2.45, 2.75) is 40.0 Å². The van der Waals surface area contributed by atoms with Crippen LogP contribution in [0.2, 0.25) is 0 Å². The van der Waals surface area contributed by atoms with Crippen LogP contribution in [0.4, 0.5) is 5.82 Å². The molecule has 0 radical (unpaired) electrons. The van der Waals surface area contributed by atoms with E-state index in [-0.39, 0.29) is 0 Å². The van der Waals surface area contributed by atoms with E-state index in [1.807, 2.05) is 0 Å². The number of nitrogens with one attached hydrogen (secondary N) is 1. The van der Waals surface area contributed by atoms with Crippen LogP contribution in [-0.2, 0) is 12.8 Å². The number of nitrogens with zero attached hydrogens (tertiary/aromatic N) is 2. The zero-order valence-electron chi connectivity index (χ0n) is 9.60. The smallest absolute Gasteiger partial charge is 0.144 e. The van der Waals surface area contributed by atoms with Crippen LogP contribution in [0, 0.1) is 0 Å². The zero-order valence-corrected chi connectivity index (χ0v) is 11.2. The van der Waals surface area contributed by atoms with Gasteiger partial charge in [0.2, 0.25) is 0 Å². The topological polar surface area (TPSA) is 37.8 Å². The van der Waals surface area contributed by atoms with Crippen molar-refractivity contribution in [3.8, 4) is 0 Å². The molecule has 1 rings (SSSR count). The summed E-state index contributed by atoms with van der Waals surface area (Å²) >= 11 is 3.56. The summed E-state index contributed by atoms with van der Waals surface area (Å²) in [5, 5.41) is 3.25. The van der Waals surface area contributed by atoms with E-state index in [4.69, 9.17) is 0 Å². The summed E-state index contributed by atoms with van der Waals surface area (Å²) in [6.45, 7) is 7.19. The summed E-state index contributed by atoms with van der Waals surface area (Å²) < 4.78 is 1.02. The maximum absolute atomic E-state index is 4.53. The van der Waals surface area contributed by atoms with Crippen LogP contribution in [0.25, 0.3) is 0 Å². The van der Waals surface area contributed by atoms with Crippen molar-refractivity contribution < 1.29 is 0 Å². The Morgan fingerprint density at radius 2 is 1.93 bits per heavy atom. The second kappa shape index (κ2) is 6.05. The van der Waals surface area contributed by atoms with Gasteiger partial charge in [0.1, 0.15) is 11.6 Å². The summed E-state index contributed by atoms with van der Waals surface area (Å²) in [6.07, 6.45) is 2.97. The van der Waals surface area contributed by atoms with Gasteiger partial charge in [-0.25, -0.2) is 9.97 Å². The van der Waals surface area contributed by atoms with E-state index in [0.717, 1.165) is 47.6 Å². The van der Waals surface area contributed by atoms with Crippen molar-refractivity contribution in [2.75, 3.05) is 11.9 Å². The molecule has 0 aliphatic carbocycles. The minimum Gasteiger partial charge on any atom is -0.369 e. The number of aromatic nitrogens is 2. The second-order valence-corrected chi connectivity index (χ2v) is 4.18. The van der Waals surface area contributed by atoms with Gasteiger partial charge in [0.05, 0.1) is 10.2 Å². The van der Waals surface area contributed by atoms with Crippen LogP contribution >= 0.6 is 15.9 Å². The third kappa shape index (κ3) is 3.16. The normalized spacial score (nSPS) is 10.4. The Labute approximate surface area is 99.8 Å². The molecule has 0 amide bonds. The van der Waals surface area contributed by atoms with Crippen molar-refractivity contribution >= 4 is 21.7 Å². The zero-order chi connectivity index (χ0) is 11.3. The van der Waals surface area contributed by atoms with Gasteiger partial charge in [-0.2, -0.15) is 0 Å². The predicted octanol–water partition coefficient (Wildman–Crippen LogP) is 3.19. The predicted molar refractivity (Wildman–Crippen MR) is 67.3 cm³/mol. The Morgan fingerprint density at radius 1 is 1.20 bits per heavy atom. The number of rotatable bonds is 5. The molecule has 0 atom stereocenters. The first-order valence-electron chi connectivity index (χ1n) is 5.52. The molecule has 0 unspecified atom stereocenters. The number of anilines is 1. The standard InChI is InChI=1S/C11H18BrN3/c1-4-7-8-10(12)11(13-6-3)15-9(5-2)14-8/h4-7H2,1-3H3,(H,13,14,15). The molecule has 0 spiro atoms. The van der Waals surface area contributed by atoms with E-state index < -0.39 is 0 Å². The number of hydrogen-bond donors (Lipinski definition) is 1. The SMILES string of the molecule is CCCc1nc(CC)nc(NCC)c1Br. The van der Waals surface area contributed by atoms with Gasteiger partial charge < -0.3 is 5.32 Å². The summed E-state index contributed by atoms with van der Waals surface area (Å²) in [5.74, 6) is 1.84. The van der Waals surface area contributed by atoms with E-state index >= 15 is 0 Å². The molecule has 4 heteroatoms. The van der Waals surface area contributed by atoms with Gasteiger partial charge in [-0.1, -0.05) is 20.3 Å². The number of hydrogen-bond acceptors (Lipinski definition) is 3. The van der Waals surface area contributed by atoms with Crippen LogP contribution in [0.3, 0.4) is 0 Å². The van der Waals surface area contributed by atoms with Crippen LogP contribution in [-0.4, -0.2) is 16.5 Å². The van der Waals surface area contributed by atoms with Gasteiger partial charge in [0.15, 0.2) is 0 Å². The van der Waals surface area contributed by atoms with Crippen LogP contribution in [0.1, 0.15) is 38.7 Å². The van der Waals surface area contributed by atoms with Crippen molar-refractivity contribution in [2.24, 2.45) is 0 Å². The lowest BCUT2D eigenvalue weighted by atomic mass is 10.2. The first-order chi connectivity index (χ1) is 7.22. The van der Waals surface area contributed by atoms with Gasteiger partial charge in [-0.05, 0) is 29.3 Å². The third-order valence-corrected chi connectivity index (χ3v) is 2.95. The molecule has 0 bridgehead atoms. The fourth-order valence-corrected chi connectivity index (χ4v) is 1.91. The molecule has 1 N–H and O–H groups in total. The highest BCUT2D eigenvalue weighted by molar-refractivity contribution is 9.10. The van der Waals surface area contributed by atoms with Gasteiger partial charge in [-0.3, -0.25) is 0 Å². The van der Waals surface area contributed by atoms with Crippen molar-refractivity contribution in [1.29, 1.82) is 0 Å². The molecule has 0 saturated carbocycles. The first kappa shape index (κ1) is 12.4. The minimum atomic E-state index is 0.877. The molecule has 1 aromatic heterocycles. The molecule has 15 heavy (non-hydrogen) atoms. The van der Waals surface area contributed by atoms with Crippen molar-refractivity contribution in [3.05, 3.63) is 16.0 Å². The highest BCUT2D eigenvalue weighted by Crippen LogP contribution is 2.24. The van der Waals surface area contributed by atoms with Gasteiger partial charge in [0.25, 0.3) is 0 Å². The lowest BCUT2D eigenvalue weighted by molar-refractivity contribution is 0.826. The molecule has 0 saturated heterocycles. The molecule has 84 valence electrons. The van der Waals surface area contributed by atoms with Crippen molar-refractivity contribution in [1.82, 2.24) is 9.97 Å². The van der Waals surface area contributed by atoms with Gasteiger partial charge in [0, 0.05) is 13.0 Å². The minimum absolute atomic E-state index is 0.877. The van der Waals surface area contributed by atoms with E-state index in [0.29, 0.717) is 0 Å². The van der Waals surface area contributed by atoms with Crippen molar-refractivity contribution in [3.63, 3.8) is 0 Å². The van der Waals surface area contributed by atoms with Crippen LogP contribution in [0.5, 0.6) is 0 Å². The summed E-state index contributed by atoms with van der Waals surface area (Å²) in [6, 6.07) is 0. The maximum atomic E-state index is 4.53. The van der Waals surface area contributed by atoms with Crippen LogP contribution < -0.4 is 5.32 Å². The highest BCUT2D eigenvalue weighted by Gasteiger charge is 2.09. The third-order valence-electron chi connectivity index (χ3n) is 2.11. The maximum Gasteiger partial charge on any atom is 0.144 e. The van der Waals surface area contributed by atoms with E-state index in [9.17, 15) is 0 Å². The van der Waals surface area contributed by atoms with Gasteiger partial charge in [-0.15, -0.1) is 0 Å². The number of aryl methyl sites for hydroxylation is 2. The molecule has 0 aromatic carbocycles. The number of halogens is 1. The summed E-state index contributed by atoms with van der Waals surface area (Å²) in [4.78, 5) is 8.98. The molecular weight excluding hydrogens is 254 g/mol. The summed E-state index contributed by atoms with van der Waals surface area (Å²) in [5.41, 5.74) is 1.11. The second-order valence-electron chi connectivity index (χ2n) is 3.38. The molecule has 0 aliphatic heterocycles. The lowest BCUT2D eigenvalue weighted by Gasteiger charge is -2.10. The molecular formula is C11H18BrN3. The fraction of sp³-hybridized carbons (Fsp3) is 0.636. The fourth-order valence-electron chi connectivity index (χ4n) is 1.39. The summed E-state index contributed by atoms with van der Waals surface area (Å²) in [7, 11) is 0. The Morgan fingerprint density at radius 3 is 2.47 bits per heavy atom. The quantitative estimate of drug-likeness (QED) is 0.894. The molecule has 1 heterocycles. The molecule has 1 aromatic rings. The van der Waals surface area contributed by atoms with E-state index in [2.05, 4.69) is 52.0 Å². The molecule has 3 nitrogen and oxygen atoms in total. The van der Waals surface area contributed by atoms with E-state index in [1.54, 1.807) is 0 Å². The average Bonchev–Trinajstić information content (AvgIpc) is 2.24. The Balaban J connectivity index is 3.08. The monoisotopic (exact) mass is 271 g/mol. The molecule has 0 aliphatic rings. The Hall–Kier alpha value is -0.640. The highest BCUT2D eigenvalue weighted by atomic mass is 79.9. The Bertz CT molecular complexity index is 299. The van der Waals surface area contributed by atoms with Gasteiger partial charge >= 0.3 is 0 Å². The lowest BCUT2D eigenvalue weighted by Crippen LogP contribution is -2.07. The first-order valence-corrected chi connectivity index (χ1v) is 6.31. The van der Waals surface area contributed by atoms with E-state index in [1.165, 1.54) is 0 Å². The molecule has 0 fully saturated rings. The van der Waals surface area contributed by atoms with Crippen LogP contribution in [0.15, 0.2) is 4.47 Å².